The van der Waals surface area contributed by atoms with Gasteiger partial charge in [-0.05, 0) is 0 Å². The second-order valence-electron chi connectivity index (χ2n) is 8.19. The summed E-state index contributed by atoms with van der Waals surface area (Å²) in [6.07, 6.45) is -15.6. The van der Waals surface area contributed by atoms with Crippen LogP contribution >= 0.6 is 69.6 Å². The monoisotopic (exact) mass is 630 g/mol. The highest BCUT2D eigenvalue weighted by molar-refractivity contribution is 6.45. The van der Waals surface area contributed by atoms with Gasteiger partial charge in [0.15, 0.2) is 12.6 Å². The van der Waals surface area contributed by atoms with Crippen LogP contribution in [0.4, 0.5) is 0 Å². The van der Waals surface area contributed by atoms with Crippen LogP contribution in [-0.2, 0) is 14.2 Å². The zero-order valence-electron chi connectivity index (χ0n) is 17.7. The highest BCUT2D eigenvalue weighted by Gasteiger charge is 2.50. The average Bonchev–Trinajstić information content (AvgIpc) is 2.85. The van der Waals surface area contributed by atoms with Gasteiger partial charge in [-0.1, -0.05) is 0 Å². The Hall–Kier alpha value is 1.30. The van der Waals surface area contributed by atoms with Gasteiger partial charge in [0.05, 0.1) is 45.5 Å². The van der Waals surface area contributed by atoms with Crippen LogP contribution in [0.15, 0.2) is 0 Å². The molecule has 0 aromatic carbocycles. The van der Waals surface area contributed by atoms with Gasteiger partial charge in [-0.3, -0.25) is 0 Å². The van der Waals surface area contributed by atoms with Crippen molar-refractivity contribution in [1.82, 2.24) is 0 Å². The maximum atomic E-state index is 9.94. The number of hydrogen-bond acceptors (Lipinski definition) is 11. The lowest BCUT2D eigenvalue weighted by molar-refractivity contribution is -0.355. The summed E-state index contributed by atoms with van der Waals surface area (Å²) >= 11 is 35.3. The van der Waals surface area contributed by atoms with E-state index in [0.717, 1.165) is 0 Å². The molecule has 2 saturated heterocycles. The molecule has 8 N–H and O–H groups in total. The molecule has 0 unspecified atom stereocenters. The highest BCUT2D eigenvalue weighted by atomic mass is 35.5. The third kappa shape index (κ3) is 7.29. The van der Waals surface area contributed by atoms with Crippen LogP contribution in [0.3, 0.4) is 0 Å². The summed E-state index contributed by atoms with van der Waals surface area (Å²) in [4.78, 5) is 0. The molecule has 2 aliphatic heterocycles. The Balaban J connectivity index is 0.000000303. The van der Waals surface area contributed by atoms with Gasteiger partial charge in [0.1, 0.15) is 48.8 Å². The lowest BCUT2D eigenvalue weighted by atomic mass is 9.97. The molecule has 1 aliphatic carbocycles. The Labute approximate surface area is 230 Å². The van der Waals surface area contributed by atoms with Crippen LogP contribution in [0.2, 0.25) is 0 Å². The number of hydrogen-bond donors (Lipinski definition) is 8. The van der Waals surface area contributed by atoms with Crippen LogP contribution in [0.1, 0.15) is 0 Å². The molecule has 2 heterocycles. The first kappa shape index (κ1) is 32.5. The number of aliphatic hydroxyl groups excluding tert-OH is 8. The van der Waals surface area contributed by atoms with Crippen molar-refractivity contribution < 1.29 is 55.1 Å². The van der Waals surface area contributed by atoms with E-state index in [9.17, 15) is 35.7 Å². The zero-order chi connectivity index (χ0) is 26.8. The smallest absolute Gasteiger partial charge is 0.187 e. The van der Waals surface area contributed by atoms with Crippen molar-refractivity contribution in [3.63, 3.8) is 0 Å². The van der Waals surface area contributed by atoms with Crippen LogP contribution in [-0.4, -0.2) is 148 Å². The van der Waals surface area contributed by atoms with Crippen LogP contribution in [0, 0.1) is 0 Å². The Morgan fingerprint density at radius 1 is 0.514 bits per heavy atom. The fraction of sp³-hybridized carbons (Fsp3) is 1.00. The molecule has 0 aromatic rings. The summed E-state index contributed by atoms with van der Waals surface area (Å²) in [6, 6.07) is 0. The van der Waals surface area contributed by atoms with Gasteiger partial charge in [-0.25, -0.2) is 0 Å². The summed E-state index contributed by atoms with van der Waals surface area (Å²) in [5.41, 5.74) is 0. The Bertz CT molecular complexity index is 596. The molecule has 0 aromatic heterocycles. The Kier molecular flexibility index (Phi) is 13.1. The van der Waals surface area contributed by atoms with Gasteiger partial charge < -0.3 is 55.1 Å². The third-order valence-corrected chi connectivity index (χ3v) is 9.84. The lowest BCUT2D eigenvalue weighted by Crippen LogP contribution is -2.64. The Morgan fingerprint density at radius 3 is 1.34 bits per heavy atom. The minimum atomic E-state index is -1.74. The van der Waals surface area contributed by atoms with E-state index < -0.39 is 107 Å². The molecule has 208 valence electrons. The topological polar surface area (TPSA) is 190 Å². The molecular weight excluding hydrogens is 605 g/mol. The second kappa shape index (κ2) is 14.1. The molecule has 0 amide bonds. The molecule has 0 radical (unpaired) electrons. The average molecular weight is 633 g/mol. The minimum Gasteiger partial charge on any atom is -0.394 e. The van der Waals surface area contributed by atoms with Gasteiger partial charge in [0, 0.05) is 0 Å². The molecule has 3 aliphatic rings. The van der Waals surface area contributed by atoms with Gasteiger partial charge in [0.2, 0.25) is 0 Å². The van der Waals surface area contributed by atoms with E-state index in [4.69, 9.17) is 88.9 Å². The summed E-state index contributed by atoms with van der Waals surface area (Å²) in [5.74, 6) is 0. The van der Waals surface area contributed by atoms with Crippen molar-refractivity contribution in [3.8, 4) is 0 Å². The summed E-state index contributed by atoms with van der Waals surface area (Å²) in [5, 5.41) is 73.9. The van der Waals surface area contributed by atoms with E-state index in [1.807, 2.05) is 0 Å². The fourth-order valence-corrected chi connectivity index (χ4v) is 5.95. The SMILES string of the molecule is ClC1C(Cl)C(Cl)C(Cl)C(Cl)C1Cl.OC[C@H]1O[C@H](O[C@H]2[C@H](O)[C@@H](O)[C@H](O)O[C@@H]2CO)[C@H](O)[C@@H](O)[C@@H]1O. The van der Waals surface area contributed by atoms with E-state index in [1.54, 1.807) is 0 Å². The van der Waals surface area contributed by atoms with E-state index in [-0.39, 0.29) is 0 Å². The van der Waals surface area contributed by atoms with Crippen molar-refractivity contribution in [2.24, 2.45) is 0 Å². The predicted octanol–water partition coefficient (Wildman–Crippen LogP) is -1.75. The molecule has 3 fully saturated rings. The van der Waals surface area contributed by atoms with Gasteiger partial charge >= 0.3 is 0 Å². The fourth-order valence-electron chi connectivity index (χ4n) is 3.62. The molecule has 35 heavy (non-hydrogen) atoms. The number of ether oxygens (including phenoxy) is 3. The van der Waals surface area contributed by atoms with Crippen molar-refractivity contribution in [2.45, 2.75) is 93.7 Å². The van der Waals surface area contributed by atoms with Crippen LogP contribution in [0.5, 0.6) is 0 Å². The maximum Gasteiger partial charge on any atom is 0.187 e. The van der Waals surface area contributed by atoms with Gasteiger partial charge in [-0.2, -0.15) is 0 Å². The highest BCUT2D eigenvalue weighted by Crippen LogP contribution is 2.39. The minimum absolute atomic E-state index is 0.437. The van der Waals surface area contributed by atoms with Crippen molar-refractivity contribution in [2.75, 3.05) is 13.2 Å². The Morgan fingerprint density at radius 2 is 0.943 bits per heavy atom. The quantitative estimate of drug-likeness (QED) is 0.164. The predicted molar refractivity (Wildman–Crippen MR) is 126 cm³/mol. The first-order valence-electron chi connectivity index (χ1n) is 10.4. The molecule has 0 bridgehead atoms. The summed E-state index contributed by atoms with van der Waals surface area (Å²) in [6.45, 7) is -1.35. The molecule has 3 rings (SSSR count). The number of alkyl halides is 6. The van der Waals surface area contributed by atoms with Gasteiger partial charge in [0.25, 0.3) is 0 Å². The van der Waals surface area contributed by atoms with Crippen molar-refractivity contribution in [1.29, 1.82) is 0 Å². The van der Waals surface area contributed by atoms with E-state index in [1.165, 1.54) is 0 Å². The number of rotatable bonds is 4. The van der Waals surface area contributed by atoms with E-state index in [2.05, 4.69) is 0 Å². The normalized spacial score (nSPS) is 53.0. The first-order chi connectivity index (χ1) is 16.3. The van der Waals surface area contributed by atoms with Crippen molar-refractivity contribution >= 4 is 69.6 Å². The van der Waals surface area contributed by atoms with Gasteiger partial charge in [-0.15, -0.1) is 69.6 Å². The van der Waals surface area contributed by atoms with Crippen molar-refractivity contribution in [3.05, 3.63) is 0 Å². The molecular formula is C18H28Cl6O11. The largest absolute Gasteiger partial charge is 0.394 e. The van der Waals surface area contributed by atoms with E-state index in [0.29, 0.717) is 0 Å². The maximum absolute atomic E-state index is 9.94. The molecule has 1 saturated carbocycles. The summed E-state index contributed by atoms with van der Waals surface area (Å²) < 4.78 is 15.3. The standard InChI is InChI=1S/C12H22O11.C6H6Cl6/c13-1-3-5(15)6(16)9(19)12(22-3)23-10-4(2-14)21-11(20)8(18)7(10)17;7-1-2(8)4(10)6(12)5(11)3(1)9/h3-20H,1-2H2;1-6H/t3-,4-,5-,6+,7-,8-,9-,10-,11-,12-;/m1./s1. The van der Waals surface area contributed by atoms with Crippen LogP contribution in [0.25, 0.3) is 0 Å². The summed E-state index contributed by atoms with van der Waals surface area (Å²) in [7, 11) is 0. The number of aliphatic hydroxyl groups is 8. The lowest BCUT2D eigenvalue weighted by Gasteiger charge is -2.45. The molecule has 0 spiro atoms. The zero-order valence-corrected chi connectivity index (χ0v) is 22.3. The van der Waals surface area contributed by atoms with E-state index >= 15 is 0 Å². The third-order valence-electron chi connectivity index (χ3n) is 5.80. The second-order valence-corrected chi connectivity index (χ2v) is 11.2. The molecule has 17 heteroatoms. The molecule has 11 nitrogen and oxygen atoms in total. The number of halogens is 6. The first-order valence-corrected chi connectivity index (χ1v) is 13.0. The van der Waals surface area contributed by atoms with Crippen LogP contribution < -0.4 is 0 Å². The molecule has 10 atom stereocenters.